The molecule has 0 heterocycles. The first-order valence-corrected chi connectivity index (χ1v) is 3.91. The third kappa shape index (κ3) is 3.23. The van der Waals surface area contributed by atoms with Crippen LogP contribution in [0.15, 0.2) is 24.3 Å². The molecule has 0 N–H and O–H groups in total. The molecule has 0 amide bonds. The Labute approximate surface area is 82.4 Å². The zero-order chi connectivity index (χ0) is 11.5. The largest absolute Gasteiger partial charge is 0.393 e. The number of carbonyl (C=O) groups excluding carboxylic acids is 1. The molecule has 0 radical (unpaired) electrons. The second kappa shape index (κ2) is 4.29. The molecule has 0 aliphatic heterocycles. The van der Waals surface area contributed by atoms with E-state index in [0.717, 1.165) is 12.1 Å². The molecule has 0 atom stereocenters. The van der Waals surface area contributed by atoms with Crippen molar-refractivity contribution in [3.63, 3.8) is 0 Å². The van der Waals surface area contributed by atoms with Gasteiger partial charge in [-0.1, -0.05) is 18.2 Å². The first-order chi connectivity index (χ1) is 6.94. The van der Waals surface area contributed by atoms with Crippen LogP contribution in [-0.2, 0) is 11.4 Å². The minimum atomic E-state index is -4.45. The molecular weight excluding hydrogens is 216 g/mol. The van der Waals surface area contributed by atoms with Crippen molar-refractivity contribution in [3.8, 4) is 0 Å². The van der Waals surface area contributed by atoms with Gasteiger partial charge in [0.15, 0.2) is 0 Å². The maximum atomic E-state index is 12.0. The average molecular weight is 222 g/mol. The van der Waals surface area contributed by atoms with E-state index >= 15 is 0 Å². The highest BCUT2D eigenvalue weighted by molar-refractivity contribution is 5.90. The third-order valence-electron chi connectivity index (χ3n) is 1.70. The molecule has 0 fully saturated rings. The number of rotatable bonds is 2. The van der Waals surface area contributed by atoms with Crippen molar-refractivity contribution >= 4 is 5.97 Å². The van der Waals surface area contributed by atoms with Crippen LogP contribution < -0.4 is 0 Å². The van der Waals surface area contributed by atoms with E-state index in [1.165, 1.54) is 12.1 Å². The molecule has 6 heteroatoms. The maximum absolute atomic E-state index is 12.0. The minimum absolute atomic E-state index is 0.312. The van der Waals surface area contributed by atoms with Crippen molar-refractivity contribution < 1.29 is 27.4 Å². The van der Waals surface area contributed by atoms with E-state index in [9.17, 15) is 22.5 Å². The lowest BCUT2D eigenvalue weighted by molar-refractivity contribution is -0.127. The van der Waals surface area contributed by atoms with Crippen molar-refractivity contribution in [2.45, 2.75) is 12.6 Å². The predicted octanol–water partition coefficient (Wildman–Crippen LogP) is 2.83. The van der Waals surface area contributed by atoms with Crippen LogP contribution in [0.25, 0.3) is 0 Å². The number of benzene rings is 1. The molecule has 1 rings (SSSR count). The summed E-state index contributed by atoms with van der Waals surface area (Å²) >= 11 is 0. The molecular formula is C9H6F4O2. The van der Waals surface area contributed by atoms with Gasteiger partial charge in [-0.05, 0) is 11.6 Å². The van der Waals surface area contributed by atoms with Crippen molar-refractivity contribution in [1.29, 1.82) is 0 Å². The summed E-state index contributed by atoms with van der Waals surface area (Å²) in [5.41, 5.74) is -0.732. The molecule has 1 aromatic carbocycles. The number of hydrogen-bond donors (Lipinski definition) is 0. The van der Waals surface area contributed by atoms with Gasteiger partial charge in [-0.25, -0.2) is 9.74 Å². The second-order valence-corrected chi connectivity index (χ2v) is 2.81. The Bertz CT molecular complexity index is 359. The molecule has 1 aromatic rings. The van der Waals surface area contributed by atoms with E-state index in [4.69, 9.17) is 0 Å². The van der Waals surface area contributed by atoms with Gasteiger partial charge in [-0.2, -0.15) is 13.2 Å². The van der Waals surface area contributed by atoms with Gasteiger partial charge in [-0.15, -0.1) is 0 Å². The Morgan fingerprint density at radius 1 is 1.27 bits per heavy atom. The van der Waals surface area contributed by atoms with Crippen LogP contribution in [0.3, 0.4) is 0 Å². The molecule has 0 aromatic heterocycles. The molecule has 0 saturated carbocycles. The second-order valence-electron chi connectivity index (χ2n) is 2.81. The van der Waals surface area contributed by atoms with Gasteiger partial charge in [0, 0.05) is 4.53 Å². The summed E-state index contributed by atoms with van der Waals surface area (Å²) in [5, 5.41) is 0. The fraction of sp³-hybridized carbons (Fsp3) is 0.222. The molecule has 0 spiro atoms. The highest BCUT2D eigenvalue weighted by Crippen LogP contribution is 2.23. The van der Waals surface area contributed by atoms with Crippen molar-refractivity contribution in [1.82, 2.24) is 0 Å². The minimum Gasteiger partial charge on any atom is -0.249 e. The fourth-order valence-corrected chi connectivity index (χ4v) is 1.13. The highest BCUT2D eigenvalue weighted by atomic mass is 19.4. The SMILES string of the molecule is O=C(OF)c1ccccc1CC(F)(F)F. The van der Waals surface area contributed by atoms with E-state index in [1.54, 1.807) is 0 Å². The topological polar surface area (TPSA) is 26.3 Å². The van der Waals surface area contributed by atoms with Crippen LogP contribution >= 0.6 is 0 Å². The van der Waals surface area contributed by atoms with Crippen molar-refractivity contribution in [2.24, 2.45) is 0 Å². The molecule has 15 heavy (non-hydrogen) atoms. The molecule has 0 aliphatic carbocycles. The number of carbonyl (C=O) groups is 1. The molecule has 0 saturated heterocycles. The van der Waals surface area contributed by atoms with Crippen LogP contribution in [-0.4, -0.2) is 12.1 Å². The van der Waals surface area contributed by atoms with E-state index in [0.29, 0.717) is 0 Å². The van der Waals surface area contributed by atoms with Crippen LogP contribution in [0, 0.1) is 0 Å². The Hall–Kier alpha value is -1.59. The summed E-state index contributed by atoms with van der Waals surface area (Å²) in [5.74, 6) is -1.42. The van der Waals surface area contributed by atoms with Gasteiger partial charge in [0.25, 0.3) is 0 Å². The van der Waals surface area contributed by atoms with Crippen LogP contribution in [0.5, 0.6) is 0 Å². The number of hydrogen-bond acceptors (Lipinski definition) is 2. The molecule has 0 unspecified atom stereocenters. The monoisotopic (exact) mass is 222 g/mol. The molecule has 0 bridgehead atoms. The van der Waals surface area contributed by atoms with Crippen LogP contribution in [0.1, 0.15) is 15.9 Å². The quantitative estimate of drug-likeness (QED) is 0.719. The van der Waals surface area contributed by atoms with Gasteiger partial charge in [0.05, 0.1) is 12.0 Å². The van der Waals surface area contributed by atoms with Crippen molar-refractivity contribution in [2.75, 3.05) is 0 Å². The van der Waals surface area contributed by atoms with E-state index in [1.807, 2.05) is 0 Å². The Morgan fingerprint density at radius 3 is 2.40 bits per heavy atom. The third-order valence-corrected chi connectivity index (χ3v) is 1.70. The standard InChI is InChI=1S/C9H6F4O2/c10-9(11,12)5-6-3-1-2-4-7(6)8(14)15-13/h1-4H,5H2. The first kappa shape index (κ1) is 11.5. The van der Waals surface area contributed by atoms with Crippen LogP contribution in [0.4, 0.5) is 17.7 Å². The van der Waals surface area contributed by atoms with Gasteiger partial charge in [0.2, 0.25) is 0 Å². The fourth-order valence-electron chi connectivity index (χ4n) is 1.13. The Morgan fingerprint density at radius 2 is 1.87 bits per heavy atom. The first-order valence-electron chi connectivity index (χ1n) is 3.91. The summed E-state index contributed by atoms with van der Waals surface area (Å²) in [6.07, 6.45) is -5.75. The average Bonchev–Trinajstić information content (AvgIpc) is 2.15. The normalized spacial score (nSPS) is 11.2. The summed E-state index contributed by atoms with van der Waals surface area (Å²) in [7, 11) is 0. The summed E-state index contributed by atoms with van der Waals surface area (Å²) in [6, 6.07) is 4.82. The van der Waals surface area contributed by atoms with E-state index in [-0.39, 0.29) is 5.56 Å². The number of alkyl halides is 3. The summed E-state index contributed by atoms with van der Waals surface area (Å²) in [4.78, 5) is 13.6. The lowest BCUT2D eigenvalue weighted by atomic mass is 10.0. The maximum Gasteiger partial charge on any atom is 0.393 e. The van der Waals surface area contributed by atoms with Gasteiger partial charge < -0.3 is 0 Å². The van der Waals surface area contributed by atoms with E-state index in [2.05, 4.69) is 4.94 Å². The molecule has 0 aliphatic rings. The van der Waals surface area contributed by atoms with Gasteiger partial charge in [-0.3, -0.25) is 0 Å². The Kier molecular flexibility index (Phi) is 3.28. The van der Waals surface area contributed by atoms with E-state index < -0.39 is 24.1 Å². The smallest absolute Gasteiger partial charge is 0.249 e. The molecule has 82 valence electrons. The Balaban J connectivity index is 3.02. The lowest BCUT2D eigenvalue weighted by Crippen LogP contribution is -2.15. The van der Waals surface area contributed by atoms with Crippen molar-refractivity contribution in [3.05, 3.63) is 35.4 Å². The zero-order valence-electron chi connectivity index (χ0n) is 7.34. The number of halogens is 4. The summed E-state index contributed by atoms with van der Waals surface area (Å²) < 4.78 is 47.7. The van der Waals surface area contributed by atoms with Crippen LogP contribution in [0.2, 0.25) is 0 Å². The predicted molar refractivity (Wildman–Crippen MR) is 42.7 cm³/mol. The lowest BCUT2D eigenvalue weighted by Gasteiger charge is -2.08. The van der Waals surface area contributed by atoms with Gasteiger partial charge >= 0.3 is 12.1 Å². The van der Waals surface area contributed by atoms with Gasteiger partial charge in [0.1, 0.15) is 0 Å². The zero-order valence-corrected chi connectivity index (χ0v) is 7.34. The molecule has 2 nitrogen and oxygen atoms in total. The summed E-state index contributed by atoms with van der Waals surface area (Å²) in [6.45, 7) is 0. The highest BCUT2D eigenvalue weighted by Gasteiger charge is 2.30.